The van der Waals surface area contributed by atoms with Crippen molar-refractivity contribution in [2.24, 2.45) is 0 Å². The molecule has 110 valence electrons. The lowest BCUT2D eigenvalue weighted by atomic mass is 10.1. The summed E-state index contributed by atoms with van der Waals surface area (Å²) in [5, 5.41) is 5.32. The number of pyridine rings is 1. The highest BCUT2D eigenvalue weighted by Crippen LogP contribution is 2.28. The van der Waals surface area contributed by atoms with Crippen LogP contribution < -0.4 is 5.32 Å². The van der Waals surface area contributed by atoms with E-state index in [4.69, 9.17) is 4.98 Å². The highest BCUT2D eigenvalue weighted by atomic mass is 32.2. The first-order valence-electron chi connectivity index (χ1n) is 7.28. The molecule has 0 aliphatic carbocycles. The lowest BCUT2D eigenvalue weighted by Gasteiger charge is -2.21. The van der Waals surface area contributed by atoms with Crippen molar-refractivity contribution < 1.29 is 0 Å². The molecule has 3 nitrogen and oxygen atoms in total. The van der Waals surface area contributed by atoms with Gasteiger partial charge in [0.15, 0.2) is 0 Å². The third kappa shape index (κ3) is 3.76. The lowest BCUT2D eigenvalue weighted by molar-refractivity contribution is 0.418. The highest BCUT2D eigenvalue weighted by Gasteiger charge is 2.17. The lowest BCUT2D eigenvalue weighted by Crippen LogP contribution is -2.35. The maximum atomic E-state index is 4.79. The molecule has 0 bridgehead atoms. The van der Waals surface area contributed by atoms with E-state index in [1.165, 1.54) is 5.69 Å². The van der Waals surface area contributed by atoms with Crippen molar-refractivity contribution in [3.05, 3.63) is 30.1 Å². The predicted octanol–water partition coefficient (Wildman–Crippen LogP) is 4.11. The number of nitrogens with one attached hydrogen (secondary N) is 1. The molecule has 2 aromatic rings. The Kier molecular flexibility index (Phi) is 4.76. The van der Waals surface area contributed by atoms with Crippen molar-refractivity contribution in [2.75, 3.05) is 0 Å². The Morgan fingerprint density at radius 2 is 2.10 bits per heavy atom. The van der Waals surface area contributed by atoms with Crippen molar-refractivity contribution in [3.63, 3.8) is 0 Å². The number of rotatable bonds is 5. The summed E-state index contributed by atoms with van der Waals surface area (Å²) in [6, 6.07) is 6.18. The van der Waals surface area contributed by atoms with E-state index < -0.39 is 0 Å². The summed E-state index contributed by atoms with van der Waals surface area (Å²) in [7, 11) is 0. The first-order chi connectivity index (χ1) is 9.40. The number of aromatic nitrogens is 2. The van der Waals surface area contributed by atoms with Crippen molar-refractivity contribution in [1.29, 1.82) is 0 Å². The molecule has 0 saturated heterocycles. The first-order valence-corrected chi connectivity index (χ1v) is 8.16. The zero-order valence-corrected chi connectivity index (χ0v) is 13.9. The second kappa shape index (κ2) is 6.19. The van der Waals surface area contributed by atoms with Crippen molar-refractivity contribution in [3.8, 4) is 0 Å². The molecular weight excluding hydrogens is 266 g/mol. The Balaban J connectivity index is 2.34. The SMILES string of the molecule is CCC(C)Sc1nc2ccccn2c1CNC(C)(C)C. The van der Waals surface area contributed by atoms with E-state index in [0.29, 0.717) is 5.25 Å². The van der Waals surface area contributed by atoms with Gasteiger partial charge in [0.1, 0.15) is 10.7 Å². The maximum absolute atomic E-state index is 4.79. The Bertz CT molecular complexity index is 569. The number of imidazole rings is 1. The minimum absolute atomic E-state index is 0.108. The molecule has 0 spiro atoms. The van der Waals surface area contributed by atoms with Gasteiger partial charge in [0.2, 0.25) is 0 Å². The summed E-state index contributed by atoms with van der Waals surface area (Å²) in [6.07, 6.45) is 3.26. The van der Waals surface area contributed by atoms with Gasteiger partial charge in [0.25, 0.3) is 0 Å². The fraction of sp³-hybridized carbons (Fsp3) is 0.562. The summed E-state index contributed by atoms with van der Waals surface area (Å²) >= 11 is 1.87. The van der Waals surface area contributed by atoms with Gasteiger partial charge in [-0.25, -0.2) is 4.98 Å². The minimum Gasteiger partial charge on any atom is -0.306 e. The largest absolute Gasteiger partial charge is 0.306 e. The van der Waals surface area contributed by atoms with E-state index in [0.717, 1.165) is 23.6 Å². The van der Waals surface area contributed by atoms with Gasteiger partial charge in [0, 0.05) is 23.5 Å². The molecule has 1 atom stereocenters. The van der Waals surface area contributed by atoms with Crippen LogP contribution in [0, 0.1) is 0 Å². The molecule has 0 fully saturated rings. The number of fused-ring (bicyclic) bond motifs is 1. The molecule has 20 heavy (non-hydrogen) atoms. The molecular formula is C16H25N3S. The van der Waals surface area contributed by atoms with E-state index >= 15 is 0 Å². The molecule has 2 aromatic heterocycles. The Morgan fingerprint density at radius 1 is 1.35 bits per heavy atom. The zero-order valence-electron chi connectivity index (χ0n) is 13.1. The van der Waals surface area contributed by atoms with Crippen LogP contribution in [-0.2, 0) is 6.54 Å². The summed E-state index contributed by atoms with van der Waals surface area (Å²) in [4.78, 5) is 4.79. The molecule has 0 radical (unpaired) electrons. The van der Waals surface area contributed by atoms with Gasteiger partial charge >= 0.3 is 0 Å². The van der Waals surface area contributed by atoms with E-state index in [-0.39, 0.29) is 5.54 Å². The van der Waals surface area contributed by atoms with Crippen LogP contribution >= 0.6 is 11.8 Å². The molecule has 0 aliphatic heterocycles. The van der Waals surface area contributed by atoms with Crippen LogP contribution in [0.3, 0.4) is 0 Å². The van der Waals surface area contributed by atoms with E-state index in [9.17, 15) is 0 Å². The van der Waals surface area contributed by atoms with Crippen LogP contribution in [0.1, 0.15) is 46.7 Å². The molecule has 2 heterocycles. The summed E-state index contributed by atoms with van der Waals surface area (Å²) in [5.41, 5.74) is 2.40. The summed E-state index contributed by atoms with van der Waals surface area (Å²) in [6.45, 7) is 11.9. The predicted molar refractivity (Wildman–Crippen MR) is 87.4 cm³/mol. The van der Waals surface area contributed by atoms with Gasteiger partial charge in [0.05, 0.1) is 5.69 Å². The average Bonchev–Trinajstić information content (AvgIpc) is 2.72. The fourth-order valence-corrected chi connectivity index (χ4v) is 2.90. The van der Waals surface area contributed by atoms with Gasteiger partial charge in [-0.15, -0.1) is 11.8 Å². The van der Waals surface area contributed by atoms with Crippen LogP contribution in [0.2, 0.25) is 0 Å². The average molecular weight is 291 g/mol. The standard InChI is InChI=1S/C16H25N3S/c1-6-12(2)20-15-13(11-17-16(3,4)5)19-10-8-7-9-14(19)18-15/h7-10,12,17H,6,11H2,1-5H3. The zero-order chi connectivity index (χ0) is 14.8. The van der Waals surface area contributed by atoms with E-state index in [1.54, 1.807) is 0 Å². The molecule has 0 amide bonds. The van der Waals surface area contributed by atoms with Gasteiger partial charge in [-0.3, -0.25) is 0 Å². The quantitative estimate of drug-likeness (QED) is 0.841. The Morgan fingerprint density at radius 3 is 2.75 bits per heavy atom. The van der Waals surface area contributed by atoms with Crippen LogP contribution in [-0.4, -0.2) is 20.2 Å². The molecule has 0 aromatic carbocycles. The number of hydrogen-bond donors (Lipinski definition) is 1. The van der Waals surface area contributed by atoms with E-state index in [1.807, 2.05) is 17.8 Å². The number of hydrogen-bond acceptors (Lipinski definition) is 3. The second-order valence-corrected chi connectivity index (χ2v) is 7.66. The topological polar surface area (TPSA) is 29.3 Å². The third-order valence-corrected chi connectivity index (χ3v) is 4.55. The maximum Gasteiger partial charge on any atom is 0.138 e. The van der Waals surface area contributed by atoms with Gasteiger partial charge in [-0.05, 0) is 39.3 Å². The van der Waals surface area contributed by atoms with Gasteiger partial charge in [-0.2, -0.15) is 0 Å². The third-order valence-electron chi connectivity index (χ3n) is 3.27. The molecule has 0 saturated carbocycles. The van der Waals surface area contributed by atoms with Crippen molar-refractivity contribution in [1.82, 2.24) is 14.7 Å². The smallest absolute Gasteiger partial charge is 0.138 e. The molecule has 1 N–H and O–H groups in total. The first kappa shape index (κ1) is 15.4. The van der Waals surface area contributed by atoms with Crippen molar-refractivity contribution >= 4 is 17.4 Å². The minimum atomic E-state index is 0.108. The number of thioether (sulfide) groups is 1. The van der Waals surface area contributed by atoms with Gasteiger partial charge in [-0.1, -0.05) is 19.9 Å². The second-order valence-electron chi connectivity index (χ2n) is 6.23. The molecule has 0 aliphatic rings. The Hall–Kier alpha value is -1.00. The molecule has 1 unspecified atom stereocenters. The van der Waals surface area contributed by atoms with Crippen LogP contribution in [0.4, 0.5) is 0 Å². The van der Waals surface area contributed by atoms with Crippen LogP contribution in [0.15, 0.2) is 29.4 Å². The molecule has 4 heteroatoms. The highest BCUT2D eigenvalue weighted by molar-refractivity contribution is 7.99. The number of nitrogens with zero attached hydrogens (tertiary/aromatic N) is 2. The fourth-order valence-electron chi connectivity index (χ4n) is 1.90. The van der Waals surface area contributed by atoms with Crippen molar-refractivity contribution in [2.45, 2.75) is 63.4 Å². The normalized spacial score (nSPS) is 13.8. The summed E-state index contributed by atoms with van der Waals surface area (Å²) in [5.74, 6) is 0. The monoisotopic (exact) mass is 291 g/mol. The summed E-state index contributed by atoms with van der Waals surface area (Å²) < 4.78 is 2.20. The molecule has 2 rings (SSSR count). The van der Waals surface area contributed by atoms with Crippen LogP contribution in [0.25, 0.3) is 5.65 Å². The van der Waals surface area contributed by atoms with Gasteiger partial charge < -0.3 is 9.72 Å². The van der Waals surface area contributed by atoms with Crippen LogP contribution in [0.5, 0.6) is 0 Å². The van der Waals surface area contributed by atoms with E-state index in [2.05, 4.69) is 62.7 Å². The Labute approximate surface area is 126 Å².